The van der Waals surface area contributed by atoms with Crippen molar-refractivity contribution in [2.45, 2.75) is 45.4 Å². The van der Waals surface area contributed by atoms with E-state index in [2.05, 4.69) is 27.5 Å². The van der Waals surface area contributed by atoms with Gasteiger partial charge in [-0.05, 0) is 75.1 Å². The van der Waals surface area contributed by atoms with Crippen molar-refractivity contribution in [3.05, 3.63) is 95.1 Å². The molecule has 1 amide bonds. The Morgan fingerprint density at radius 2 is 1.90 bits per heavy atom. The van der Waals surface area contributed by atoms with E-state index in [1.807, 2.05) is 51.2 Å². The molecule has 8 nitrogen and oxygen atoms in total. The molecule has 0 saturated heterocycles. The summed E-state index contributed by atoms with van der Waals surface area (Å²) < 4.78 is 1.70. The Kier molecular flexibility index (Phi) is 7.02. The van der Waals surface area contributed by atoms with Crippen LogP contribution >= 0.6 is 0 Å². The van der Waals surface area contributed by atoms with Crippen molar-refractivity contribution in [1.82, 2.24) is 14.8 Å². The van der Waals surface area contributed by atoms with Gasteiger partial charge in [-0.25, -0.2) is 4.68 Å². The van der Waals surface area contributed by atoms with E-state index < -0.39 is 5.41 Å². The SMILES string of the molecule is Cc1ccc(NC(=O)c2cccc(C(C)(C)C#N)c2)cc1-n1cc(-c2cnc(CC(=O)C3CC3)cc2C#N)cn1. The molecule has 0 radical (unpaired) electrons. The largest absolute Gasteiger partial charge is 0.322 e. The minimum absolute atomic E-state index is 0.148. The first-order valence-electron chi connectivity index (χ1n) is 13.1. The third-order valence-corrected chi connectivity index (χ3v) is 7.20. The summed E-state index contributed by atoms with van der Waals surface area (Å²) in [6.07, 6.45) is 7.24. The fourth-order valence-corrected chi connectivity index (χ4v) is 4.49. The summed E-state index contributed by atoms with van der Waals surface area (Å²) in [5, 5.41) is 26.7. The van der Waals surface area contributed by atoms with Crippen molar-refractivity contribution in [3.63, 3.8) is 0 Å². The number of anilines is 1. The first kappa shape index (κ1) is 26.5. The van der Waals surface area contributed by atoms with Gasteiger partial charge in [0.25, 0.3) is 5.91 Å². The summed E-state index contributed by atoms with van der Waals surface area (Å²) in [5.41, 5.74) is 5.22. The minimum Gasteiger partial charge on any atom is -0.322 e. The van der Waals surface area contributed by atoms with Gasteiger partial charge in [0.05, 0.1) is 35.0 Å². The second-order valence-electron chi connectivity index (χ2n) is 10.7. The van der Waals surface area contributed by atoms with E-state index in [9.17, 15) is 20.1 Å². The Hall–Kier alpha value is -5.08. The molecule has 1 fully saturated rings. The van der Waals surface area contributed by atoms with E-state index in [4.69, 9.17) is 0 Å². The highest BCUT2D eigenvalue weighted by atomic mass is 16.1. The first-order chi connectivity index (χ1) is 19.2. The maximum Gasteiger partial charge on any atom is 0.255 e. The molecule has 0 spiro atoms. The molecule has 198 valence electrons. The molecule has 4 aromatic rings. The molecule has 5 rings (SSSR count). The van der Waals surface area contributed by atoms with E-state index in [0.29, 0.717) is 28.1 Å². The highest BCUT2D eigenvalue weighted by Gasteiger charge is 2.29. The summed E-state index contributed by atoms with van der Waals surface area (Å²) in [5.74, 6) is 0.0459. The Balaban J connectivity index is 1.37. The lowest BCUT2D eigenvalue weighted by atomic mass is 9.85. The number of nitriles is 2. The highest BCUT2D eigenvalue weighted by molar-refractivity contribution is 6.04. The number of carbonyl (C=O) groups excluding carboxylic acids is 2. The van der Waals surface area contributed by atoms with Crippen molar-refractivity contribution in [2.24, 2.45) is 5.92 Å². The van der Waals surface area contributed by atoms with Crippen LogP contribution in [0.5, 0.6) is 0 Å². The van der Waals surface area contributed by atoms with Gasteiger partial charge in [0, 0.05) is 52.8 Å². The topological polar surface area (TPSA) is 124 Å². The summed E-state index contributed by atoms with van der Waals surface area (Å²) in [6.45, 7) is 5.58. The predicted molar refractivity (Wildman–Crippen MR) is 151 cm³/mol. The molecule has 8 heteroatoms. The van der Waals surface area contributed by atoms with Crippen molar-refractivity contribution >= 4 is 17.4 Å². The van der Waals surface area contributed by atoms with Crippen LogP contribution in [0.3, 0.4) is 0 Å². The number of amides is 1. The molecule has 2 heterocycles. The van der Waals surface area contributed by atoms with Crippen molar-refractivity contribution in [2.75, 3.05) is 5.32 Å². The van der Waals surface area contributed by atoms with Crippen LogP contribution in [0.15, 0.2) is 67.1 Å². The molecular formula is C32H28N6O2. The van der Waals surface area contributed by atoms with Crippen LogP contribution in [0.2, 0.25) is 0 Å². The molecule has 0 bridgehead atoms. The average molecular weight is 529 g/mol. The summed E-state index contributed by atoms with van der Waals surface area (Å²) >= 11 is 0. The number of hydrogen-bond donors (Lipinski definition) is 1. The smallest absolute Gasteiger partial charge is 0.255 e. The quantitative estimate of drug-likeness (QED) is 0.313. The highest BCUT2D eigenvalue weighted by Crippen LogP contribution is 2.31. The molecular weight excluding hydrogens is 500 g/mol. The van der Waals surface area contributed by atoms with E-state index in [1.54, 1.807) is 41.3 Å². The number of aromatic nitrogens is 3. The molecule has 0 aliphatic heterocycles. The molecule has 1 aliphatic carbocycles. The van der Waals surface area contributed by atoms with E-state index in [-0.39, 0.29) is 24.0 Å². The number of nitrogens with one attached hydrogen (secondary N) is 1. The summed E-state index contributed by atoms with van der Waals surface area (Å²) in [4.78, 5) is 29.7. The van der Waals surface area contributed by atoms with Gasteiger partial charge in [0.2, 0.25) is 0 Å². The molecule has 0 unspecified atom stereocenters. The maximum absolute atomic E-state index is 13.0. The number of aryl methyl sites for hydroxylation is 1. The van der Waals surface area contributed by atoms with Gasteiger partial charge in [0.1, 0.15) is 5.78 Å². The summed E-state index contributed by atoms with van der Waals surface area (Å²) in [6, 6.07) is 18.8. The van der Waals surface area contributed by atoms with Gasteiger partial charge < -0.3 is 5.32 Å². The standard InChI is InChI=1S/C32H28N6O2/c1-20-7-10-26(37-31(40)22-5-4-6-25(11-22)32(2,3)19-34)13-29(20)38-18-24(16-36-38)28-17-35-27(12-23(28)15-33)14-30(39)21-8-9-21/h4-7,10-13,16-18,21H,8-9,14H2,1-3H3,(H,37,40). The number of Topliss-reactive ketones (excluding diaryl/α,β-unsaturated/α-hetero) is 1. The maximum atomic E-state index is 13.0. The summed E-state index contributed by atoms with van der Waals surface area (Å²) in [7, 11) is 0. The lowest BCUT2D eigenvalue weighted by Gasteiger charge is -2.16. The molecule has 2 aromatic heterocycles. The Labute approximate surface area is 232 Å². The molecule has 1 N–H and O–H groups in total. The monoisotopic (exact) mass is 528 g/mol. The van der Waals surface area contributed by atoms with Gasteiger partial charge in [0.15, 0.2) is 0 Å². The zero-order chi connectivity index (χ0) is 28.4. The van der Waals surface area contributed by atoms with Crippen LogP contribution in [0.25, 0.3) is 16.8 Å². The number of pyridine rings is 1. The van der Waals surface area contributed by atoms with Crippen molar-refractivity contribution < 1.29 is 9.59 Å². The lowest BCUT2D eigenvalue weighted by Crippen LogP contribution is -2.17. The van der Waals surface area contributed by atoms with E-state index >= 15 is 0 Å². The van der Waals surface area contributed by atoms with Crippen LogP contribution in [-0.2, 0) is 16.6 Å². The van der Waals surface area contributed by atoms with Gasteiger partial charge in [-0.2, -0.15) is 15.6 Å². The lowest BCUT2D eigenvalue weighted by molar-refractivity contribution is -0.119. The van der Waals surface area contributed by atoms with E-state index in [1.165, 1.54) is 0 Å². The van der Waals surface area contributed by atoms with Gasteiger partial charge in [-0.3, -0.25) is 14.6 Å². The number of hydrogen-bond acceptors (Lipinski definition) is 6. The average Bonchev–Trinajstić information content (AvgIpc) is 3.71. The predicted octanol–water partition coefficient (Wildman–Crippen LogP) is 5.69. The van der Waals surface area contributed by atoms with Crippen molar-refractivity contribution in [1.29, 1.82) is 10.5 Å². The van der Waals surface area contributed by atoms with Crippen LogP contribution in [-0.4, -0.2) is 26.5 Å². The van der Waals surface area contributed by atoms with Crippen LogP contribution in [0.1, 0.15) is 59.4 Å². The minimum atomic E-state index is -0.708. The molecule has 40 heavy (non-hydrogen) atoms. The molecule has 0 atom stereocenters. The molecule has 2 aromatic carbocycles. The second-order valence-corrected chi connectivity index (χ2v) is 10.7. The van der Waals surface area contributed by atoms with E-state index in [0.717, 1.165) is 35.2 Å². The van der Waals surface area contributed by atoms with Crippen LogP contribution in [0.4, 0.5) is 5.69 Å². The Bertz CT molecular complexity index is 1720. The number of nitrogens with zero attached hydrogens (tertiary/aromatic N) is 5. The Morgan fingerprint density at radius 1 is 1.10 bits per heavy atom. The zero-order valence-corrected chi connectivity index (χ0v) is 22.6. The second kappa shape index (κ2) is 10.6. The number of carbonyl (C=O) groups is 2. The first-order valence-corrected chi connectivity index (χ1v) is 13.1. The number of rotatable bonds is 8. The Morgan fingerprint density at radius 3 is 2.62 bits per heavy atom. The number of benzene rings is 2. The normalized spacial score (nSPS) is 12.8. The van der Waals surface area contributed by atoms with Gasteiger partial charge in [-0.15, -0.1) is 0 Å². The van der Waals surface area contributed by atoms with Gasteiger partial charge in [-0.1, -0.05) is 18.2 Å². The fourth-order valence-electron chi connectivity index (χ4n) is 4.49. The van der Waals surface area contributed by atoms with Crippen LogP contribution < -0.4 is 5.32 Å². The molecule has 1 saturated carbocycles. The zero-order valence-electron chi connectivity index (χ0n) is 22.6. The third kappa shape index (κ3) is 5.52. The molecule has 1 aliphatic rings. The number of ketones is 1. The third-order valence-electron chi connectivity index (χ3n) is 7.20. The van der Waals surface area contributed by atoms with Gasteiger partial charge >= 0.3 is 0 Å². The van der Waals surface area contributed by atoms with Crippen LogP contribution in [0, 0.1) is 35.5 Å². The fraction of sp³-hybridized carbons (Fsp3) is 0.250. The van der Waals surface area contributed by atoms with Crippen molar-refractivity contribution in [3.8, 4) is 29.0 Å².